The summed E-state index contributed by atoms with van der Waals surface area (Å²) in [6, 6.07) is 9.87. The third-order valence-corrected chi connectivity index (χ3v) is 1.97. The van der Waals surface area contributed by atoms with Crippen LogP contribution in [0, 0.1) is 0 Å². The Balaban J connectivity index is 2.86. The van der Waals surface area contributed by atoms with Crippen molar-refractivity contribution in [2.75, 3.05) is 0 Å². The van der Waals surface area contributed by atoms with E-state index in [2.05, 4.69) is 0 Å². The van der Waals surface area contributed by atoms with Gasteiger partial charge in [0.25, 0.3) is 0 Å². The highest BCUT2D eigenvalue weighted by Gasteiger charge is 2.28. The van der Waals surface area contributed by atoms with E-state index >= 15 is 0 Å². The molecular weight excluding hydrogens is 176 g/mol. The van der Waals surface area contributed by atoms with Gasteiger partial charge >= 0.3 is 0 Å². The molecule has 0 unspecified atom stereocenters. The predicted octanol–water partition coefficient (Wildman–Crippen LogP) is 2.67. The Kier molecular flexibility index (Phi) is 2.98. The van der Waals surface area contributed by atoms with Crippen LogP contribution >= 0.6 is 0 Å². The second-order valence-electron chi connectivity index (χ2n) is 4.43. The first-order valence-corrected chi connectivity index (χ1v) is 4.79. The summed E-state index contributed by atoms with van der Waals surface area (Å²) < 4.78 is 5.57. The van der Waals surface area contributed by atoms with Crippen LogP contribution in [0.2, 0.25) is 0 Å². The third-order valence-electron chi connectivity index (χ3n) is 1.97. The number of rotatable bonds is 3. The second kappa shape index (κ2) is 3.71. The van der Waals surface area contributed by atoms with Crippen molar-refractivity contribution in [2.45, 2.75) is 39.1 Å². The first-order valence-electron chi connectivity index (χ1n) is 4.79. The van der Waals surface area contributed by atoms with Crippen molar-refractivity contribution in [1.82, 2.24) is 0 Å². The maximum absolute atomic E-state index is 9.59. The maximum Gasteiger partial charge on any atom is 0.160 e. The smallest absolute Gasteiger partial charge is 0.160 e. The van der Waals surface area contributed by atoms with E-state index in [1.807, 2.05) is 44.2 Å². The summed E-state index contributed by atoms with van der Waals surface area (Å²) in [5.41, 5.74) is 0.585. The van der Waals surface area contributed by atoms with Crippen LogP contribution in [-0.2, 0) is 10.3 Å². The van der Waals surface area contributed by atoms with Gasteiger partial charge in [-0.1, -0.05) is 30.3 Å². The fourth-order valence-electron chi connectivity index (χ4n) is 1.52. The monoisotopic (exact) mass is 194 g/mol. The van der Waals surface area contributed by atoms with Gasteiger partial charge in [0.15, 0.2) is 5.79 Å². The van der Waals surface area contributed by atoms with Gasteiger partial charge in [-0.25, -0.2) is 0 Å². The fraction of sp³-hybridized carbons (Fsp3) is 0.500. The van der Waals surface area contributed by atoms with Gasteiger partial charge in [-0.2, -0.15) is 0 Å². The summed E-state index contributed by atoms with van der Waals surface area (Å²) in [5, 5.41) is 9.59. The second-order valence-corrected chi connectivity index (χ2v) is 4.43. The van der Waals surface area contributed by atoms with Crippen molar-refractivity contribution in [3.05, 3.63) is 35.9 Å². The molecule has 1 rings (SSSR count). The Morgan fingerprint density at radius 3 is 1.93 bits per heavy atom. The van der Waals surface area contributed by atoms with Crippen LogP contribution in [0.3, 0.4) is 0 Å². The molecule has 78 valence electrons. The zero-order valence-electron chi connectivity index (χ0n) is 9.24. The van der Waals surface area contributed by atoms with Crippen molar-refractivity contribution in [3.63, 3.8) is 0 Å². The highest BCUT2D eigenvalue weighted by atomic mass is 16.6. The summed E-state index contributed by atoms with van der Waals surface area (Å²) in [5.74, 6) is -1.11. The zero-order chi connectivity index (χ0) is 10.8. The Hall–Kier alpha value is -0.860. The molecule has 1 N–H and O–H groups in total. The lowest BCUT2D eigenvalue weighted by Crippen LogP contribution is -2.34. The molecule has 0 radical (unpaired) electrons. The van der Waals surface area contributed by atoms with Crippen LogP contribution in [0.5, 0.6) is 0 Å². The van der Waals surface area contributed by atoms with E-state index in [4.69, 9.17) is 4.74 Å². The standard InChI is InChI=1S/C12H18O2/c1-11(2,14-12(3,4)13)10-8-6-5-7-9-10/h5-9,13H,1-4H3. The third kappa shape index (κ3) is 3.13. The molecule has 0 saturated carbocycles. The fourth-order valence-corrected chi connectivity index (χ4v) is 1.52. The first kappa shape index (κ1) is 11.2. The van der Waals surface area contributed by atoms with Gasteiger partial charge in [0.1, 0.15) is 0 Å². The van der Waals surface area contributed by atoms with E-state index in [1.54, 1.807) is 13.8 Å². The van der Waals surface area contributed by atoms with Gasteiger partial charge < -0.3 is 9.84 Å². The molecule has 0 aliphatic rings. The minimum atomic E-state index is -1.11. The Morgan fingerprint density at radius 1 is 1.00 bits per heavy atom. The van der Waals surface area contributed by atoms with Gasteiger partial charge in [-0.3, -0.25) is 0 Å². The Labute approximate surface area is 85.5 Å². The normalized spacial score (nSPS) is 12.9. The van der Waals surface area contributed by atoms with Crippen LogP contribution < -0.4 is 0 Å². The Bertz CT molecular complexity index is 283. The van der Waals surface area contributed by atoms with Crippen molar-refractivity contribution >= 4 is 0 Å². The zero-order valence-corrected chi connectivity index (χ0v) is 9.24. The van der Waals surface area contributed by atoms with E-state index in [0.717, 1.165) is 5.56 Å². The molecule has 1 aromatic carbocycles. The Morgan fingerprint density at radius 2 is 1.50 bits per heavy atom. The average molecular weight is 194 g/mol. The highest BCUT2D eigenvalue weighted by molar-refractivity contribution is 5.20. The van der Waals surface area contributed by atoms with Gasteiger partial charge in [-0.05, 0) is 33.3 Å². The van der Waals surface area contributed by atoms with Gasteiger partial charge in [0.2, 0.25) is 0 Å². The molecule has 0 aromatic heterocycles. The largest absolute Gasteiger partial charge is 0.366 e. The van der Waals surface area contributed by atoms with Crippen LogP contribution in [0.25, 0.3) is 0 Å². The lowest BCUT2D eigenvalue weighted by Gasteiger charge is -2.32. The van der Waals surface area contributed by atoms with Crippen LogP contribution in [0.15, 0.2) is 30.3 Å². The molecule has 2 heteroatoms. The lowest BCUT2D eigenvalue weighted by atomic mass is 9.98. The summed E-state index contributed by atoms with van der Waals surface area (Å²) in [7, 11) is 0. The summed E-state index contributed by atoms with van der Waals surface area (Å²) in [4.78, 5) is 0. The van der Waals surface area contributed by atoms with E-state index < -0.39 is 11.4 Å². The molecule has 0 heterocycles. The molecule has 0 atom stereocenters. The minimum Gasteiger partial charge on any atom is -0.366 e. The number of benzene rings is 1. The minimum absolute atomic E-state index is 0.473. The summed E-state index contributed by atoms with van der Waals surface area (Å²) >= 11 is 0. The van der Waals surface area contributed by atoms with Gasteiger partial charge in [0, 0.05) is 0 Å². The lowest BCUT2D eigenvalue weighted by molar-refractivity contribution is -0.239. The molecule has 1 aromatic rings. The van der Waals surface area contributed by atoms with Crippen LogP contribution in [-0.4, -0.2) is 10.9 Å². The molecule has 0 amide bonds. The molecule has 0 bridgehead atoms. The summed E-state index contributed by atoms with van der Waals surface area (Å²) in [6.45, 7) is 7.16. The van der Waals surface area contributed by atoms with Crippen molar-refractivity contribution in [3.8, 4) is 0 Å². The number of ether oxygens (including phenoxy) is 1. The molecule has 2 nitrogen and oxygen atoms in total. The van der Waals surface area contributed by atoms with Crippen molar-refractivity contribution in [1.29, 1.82) is 0 Å². The van der Waals surface area contributed by atoms with Gasteiger partial charge in [-0.15, -0.1) is 0 Å². The maximum atomic E-state index is 9.59. The van der Waals surface area contributed by atoms with Crippen molar-refractivity contribution < 1.29 is 9.84 Å². The van der Waals surface area contributed by atoms with Crippen LogP contribution in [0.1, 0.15) is 33.3 Å². The SMILES string of the molecule is CC(C)(O)OC(C)(C)c1ccccc1. The highest BCUT2D eigenvalue weighted by Crippen LogP contribution is 2.28. The van der Waals surface area contributed by atoms with Crippen molar-refractivity contribution in [2.24, 2.45) is 0 Å². The van der Waals surface area contributed by atoms with E-state index in [9.17, 15) is 5.11 Å². The quantitative estimate of drug-likeness (QED) is 0.749. The van der Waals surface area contributed by atoms with Gasteiger partial charge in [0.05, 0.1) is 5.60 Å². The molecule has 14 heavy (non-hydrogen) atoms. The first-order chi connectivity index (χ1) is 6.31. The van der Waals surface area contributed by atoms with Crippen LogP contribution in [0.4, 0.5) is 0 Å². The number of hydrogen-bond donors (Lipinski definition) is 1. The van der Waals surface area contributed by atoms with E-state index in [0.29, 0.717) is 0 Å². The van der Waals surface area contributed by atoms with E-state index in [1.165, 1.54) is 0 Å². The number of hydrogen-bond acceptors (Lipinski definition) is 2. The molecule has 0 aliphatic carbocycles. The van der Waals surface area contributed by atoms with E-state index in [-0.39, 0.29) is 0 Å². The molecule has 0 saturated heterocycles. The molecule has 0 aliphatic heterocycles. The average Bonchev–Trinajstić information content (AvgIpc) is 2.01. The summed E-state index contributed by atoms with van der Waals surface area (Å²) in [6.07, 6.45) is 0. The molecule has 0 spiro atoms. The number of aliphatic hydroxyl groups is 1. The topological polar surface area (TPSA) is 29.5 Å². The predicted molar refractivity (Wildman–Crippen MR) is 56.9 cm³/mol. The molecular formula is C12H18O2. The molecule has 0 fully saturated rings.